The number of hydrogen-bond donors (Lipinski definition) is 0. The summed E-state index contributed by atoms with van der Waals surface area (Å²) in [5.41, 5.74) is 21.5. The second kappa shape index (κ2) is 15.9. The molecule has 0 bridgehead atoms. The summed E-state index contributed by atoms with van der Waals surface area (Å²) in [7, 11) is 0. The quantitative estimate of drug-likeness (QED) is 0.130. The van der Waals surface area contributed by atoms with Gasteiger partial charge in [0, 0.05) is 51.7 Å². The molecule has 0 spiro atoms. The molecule has 5 heterocycles. The molecule has 0 saturated carbocycles. The van der Waals surface area contributed by atoms with Gasteiger partial charge < -0.3 is 4.40 Å². The monoisotopic (exact) mass is 774 g/mol. The highest BCUT2D eigenvalue weighted by molar-refractivity contribution is 6.12. The van der Waals surface area contributed by atoms with Crippen LogP contribution in [0.3, 0.4) is 0 Å². The Morgan fingerprint density at radius 1 is 0.400 bits per heavy atom. The van der Waals surface area contributed by atoms with Crippen LogP contribution in [0.15, 0.2) is 176 Å². The third kappa shape index (κ3) is 7.05. The molecule has 0 aliphatic rings. The molecule has 60 heavy (non-hydrogen) atoms. The van der Waals surface area contributed by atoms with Crippen LogP contribution in [0.1, 0.15) is 39.1 Å². The predicted octanol–water partition coefficient (Wildman–Crippen LogP) is 13.6. The van der Waals surface area contributed by atoms with Crippen LogP contribution in [0, 0.1) is 20.8 Å². The maximum Gasteiger partial charge on any atom is 0.0816 e. The molecule has 0 N–H and O–H groups in total. The van der Waals surface area contributed by atoms with Gasteiger partial charge in [0.2, 0.25) is 0 Å². The van der Waals surface area contributed by atoms with Crippen LogP contribution >= 0.6 is 0 Å². The van der Waals surface area contributed by atoms with Crippen molar-refractivity contribution in [1.29, 1.82) is 0 Å². The van der Waals surface area contributed by atoms with E-state index in [1.807, 2.05) is 24.5 Å². The molecule has 5 aromatic heterocycles. The normalized spacial score (nSPS) is 11.5. The molecule has 0 amide bonds. The van der Waals surface area contributed by atoms with E-state index in [9.17, 15) is 0 Å². The number of aryl methyl sites for hydroxylation is 6. The summed E-state index contributed by atoms with van der Waals surface area (Å²) in [5, 5.41) is 2.35. The molecular weight excluding hydrogens is 729 g/mol. The fraction of sp³-hybridized carbons (Fsp3) is 0.125. The number of pyridine rings is 4. The average molecular weight is 775 g/mol. The van der Waals surface area contributed by atoms with E-state index in [0.717, 1.165) is 59.3 Å². The standard InChI is InChI=1S/C56H46N4/c1-37-38(2)56-51-33-47(36-59-55(51)50-20-12-13-21-54(50)60(56)39(37)3)49-19-11-10-18-48(49)46-31-42(24-22-40-26-28-52(57-34-40)44-14-6-4-7-15-44)30-43(32-46)25-23-41-27-29-53(58-35-41)45-16-8-5-9-17-45/h4-21,26-36H,22-25H2,1-3H3. The van der Waals surface area contributed by atoms with Crippen molar-refractivity contribution in [2.75, 3.05) is 0 Å². The number of nitrogens with zero attached hydrogens (tertiary/aromatic N) is 4. The van der Waals surface area contributed by atoms with Gasteiger partial charge in [-0.25, -0.2) is 0 Å². The Hall–Kier alpha value is -7.17. The van der Waals surface area contributed by atoms with Crippen molar-refractivity contribution in [2.24, 2.45) is 0 Å². The lowest BCUT2D eigenvalue weighted by Gasteiger charge is -2.16. The highest BCUT2D eigenvalue weighted by Gasteiger charge is 2.19. The van der Waals surface area contributed by atoms with Crippen molar-refractivity contribution in [3.8, 4) is 44.8 Å². The third-order valence-corrected chi connectivity index (χ3v) is 12.4. The zero-order chi connectivity index (χ0) is 40.6. The maximum atomic E-state index is 5.24. The van der Waals surface area contributed by atoms with Crippen LogP contribution in [0.2, 0.25) is 0 Å². The Morgan fingerprint density at radius 3 is 1.52 bits per heavy atom. The summed E-state index contributed by atoms with van der Waals surface area (Å²) < 4.78 is 2.44. The number of para-hydroxylation sites is 1. The van der Waals surface area contributed by atoms with Gasteiger partial charge in [0.05, 0.1) is 27.9 Å². The molecule has 0 radical (unpaired) electrons. The lowest BCUT2D eigenvalue weighted by atomic mass is 9.90. The molecule has 0 fully saturated rings. The molecule has 0 aliphatic carbocycles. The summed E-state index contributed by atoms with van der Waals surface area (Å²) in [6.45, 7) is 6.72. The number of aromatic nitrogens is 4. The van der Waals surface area contributed by atoms with E-state index in [-0.39, 0.29) is 0 Å². The van der Waals surface area contributed by atoms with E-state index in [2.05, 4.69) is 177 Å². The van der Waals surface area contributed by atoms with Crippen LogP contribution in [-0.2, 0) is 25.7 Å². The Kier molecular flexibility index (Phi) is 9.83. The lowest BCUT2D eigenvalue weighted by molar-refractivity contribution is 0.923. The van der Waals surface area contributed by atoms with Gasteiger partial charge in [-0.05, 0) is 121 Å². The Labute approximate surface area is 351 Å². The van der Waals surface area contributed by atoms with E-state index < -0.39 is 0 Å². The summed E-state index contributed by atoms with van der Waals surface area (Å²) in [4.78, 5) is 14.9. The molecule has 0 saturated heterocycles. The third-order valence-electron chi connectivity index (χ3n) is 12.4. The summed E-state index contributed by atoms with van der Waals surface area (Å²) in [6.07, 6.45) is 9.80. The van der Waals surface area contributed by atoms with E-state index in [1.165, 1.54) is 77.6 Å². The molecule has 4 nitrogen and oxygen atoms in total. The van der Waals surface area contributed by atoms with E-state index in [0.29, 0.717) is 0 Å². The summed E-state index contributed by atoms with van der Waals surface area (Å²) in [5.74, 6) is 0. The second-order valence-corrected chi connectivity index (χ2v) is 16.1. The van der Waals surface area contributed by atoms with Gasteiger partial charge in [-0.3, -0.25) is 15.0 Å². The molecule has 0 unspecified atom stereocenters. The van der Waals surface area contributed by atoms with Gasteiger partial charge in [-0.1, -0.05) is 133 Å². The topological polar surface area (TPSA) is 43.1 Å². The van der Waals surface area contributed by atoms with E-state index in [1.54, 1.807) is 0 Å². The van der Waals surface area contributed by atoms with E-state index in [4.69, 9.17) is 15.0 Å². The number of fused-ring (bicyclic) bond motifs is 6. The zero-order valence-corrected chi connectivity index (χ0v) is 34.4. The van der Waals surface area contributed by atoms with Crippen LogP contribution < -0.4 is 0 Å². The van der Waals surface area contributed by atoms with Gasteiger partial charge in [0.15, 0.2) is 0 Å². The molecule has 290 valence electrons. The SMILES string of the molecule is Cc1c(C)c2c3cc(-c4ccccc4-c4cc(CCc5ccc(-c6ccccc6)nc5)cc(CCc5ccc(-c6ccccc6)nc5)c4)cnc3c3ccccc3n2c1C. The first-order chi connectivity index (χ1) is 29.5. The minimum Gasteiger partial charge on any atom is -0.313 e. The molecular formula is C56H46N4. The van der Waals surface area contributed by atoms with Crippen LogP contribution in [0.5, 0.6) is 0 Å². The first-order valence-electron chi connectivity index (χ1n) is 21.0. The first kappa shape index (κ1) is 37.1. The van der Waals surface area contributed by atoms with Crippen LogP contribution in [0.25, 0.3) is 72.1 Å². The minimum absolute atomic E-state index is 0.908. The summed E-state index contributed by atoms with van der Waals surface area (Å²) in [6, 6.07) is 56.6. The van der Waals surface area contributed by atoms with Gasteiger partial charge in [0.25, 0.3) is 0 Å². The second-order valence-electron chi connectivity index (χ2n) is 16.1. The fourth-order valence-corrected chi connectivity index (χ4v) is 8.93. The molecule has 4 heteroatoms. The molecule has 0 atom stereocenters. The predicted molar refractivity (Wildman–Crippen MR) is 249 cm³/mol. The Balaban J connectivity index is 1.02. The largest absolute Gasteiger partial charge is 0.313 e. The number of benzene rings is 5. The Morgan fingerprint density at radius 2 is 0.933 bits per heavy atom. The zero-order valence-electron chi connectivity index (χ0n) is 34.4. The molecule has 10 aromatic rings. The Bertz CT molecular complexity index is 3040. The number of rotatable bonds is 10. The van der Waals surface area contributed by atoms with Crippen molar-refractivity contribution in [3.63, 3.8) is 0 Å². The van der Waals surface area contributed by atoms with Crippen molar-refractivity contribution in [2.45, 2.75) is 46.5 Å². The van der Waals surface area contributed by atoms with Gasteiger partial charge in [-0.15, -0.1) is 0 Å². The van der Waals surface area contributed by atoms with Gasteiger partial charge in [0.1, 0.15) is 0 Å². The lowest BCUT2D eigenvalue weighted by Crippen LogP contribution is -1.99. The highest BCUT2D eigenvalue weighted by Crippen LogP contribution is 2.39. The number of hydrogen-bond acceptors (Lipinski definition) is 3. The van der Waals surface area contributed by atoms with Crippen LogP contribution in [0.4, 0.5) is 0 Å². The maximum absolute atomic E-state index is 5.24. The molecule has 0 aliphatic heterocycles. The van der Waals surface area contributed by atoms with Gasteiger partial charge >= 0.3 is 0 Å². The summed E-state index contributed by atoms with van der Waals surface area (Å²) >= 11 is 0. The first-order valence-corrected chi connectivity index (χ1v) is 21.0. The minimum atomic E-state index is 0.908. The smallest absolute Gasteiger partial charge is 0.0816 e. The molecule has 10 rings (SSSR count). The molecule has 5 aromatic carbocycles. The highest BCUT2D eigenvalue weighted by atomic mass is 14.9. The fourth-order valence-electron chi connectivity index (χ4n) is 8.93. The van der Waals surface area contributed by atoms with Crippen molar-refractivity contribution in [1.82, 2.24) is 19.4 Å². The van der Waals surface area contributed by atoms with Crippen LogP contribution in [-0.4, -0.2) is 19.4 Å². The van der Waals surface area contributed by atoms with E-state index >= 15 is 0 Å². The average Bonchev–Trinajstić information content (AvgIpc) is 3.55. The van der Waals surface area contributed by atoms with Crippen molar-refractivity contribution < 1.29 is 0 Å². The van der Waals surface area contributed by atoms with Crippen molar-refractivity contribution in [3.05, 3.63) is 215 Å². The van der Waals surface area contributed by atoms with Gasteiger partial charge in [-0.2, -0.15) is 0 Å². The van der Waals surface area contributed by atoms with Crippen molar-refractivity contribution >= 4 is 27.3 Å².